The van der Waals surface area contributed by atoms with Crippen molar-refractivity contribution in [2.24, 2.45) is 11.8 Å². The zero-order chi connectivity index (χ0) is 14.4. The smallest absolute Gasteiger partial charge is 0.348 e. The van der Waals surface area contributed by atoms with Crippen molar-refractivity contribution in [3.05, 3.63) is 23.1 Å². The van der Waals surface area contributed by atoms with Crippen molar-refractivity contribution in [1.29, 1.82) is 0 Å². The quantitative estimate of drug-likeness (QED) is 0.758. The molecule has 6 heteroatoms. The fraction of sp³-hybridized carbons (Fsp3) is 0.286. The van der Waals surface area contributed by atoms with Gasteiger partial charge in [0.05, 0.1) is 5.69 Å². The van der Waals surface area contributed by atoms with E-state index in [0.29, 0.717) is 22.7 Å². The number of anilines is 2. The number of carbonyl (C=O) groups excluding carboxylic acids is 1. The first-order valence-corrected chi connectivity index (χ1v) is 7.15. The van der Waals surface area contributed by atoms with Crippen molar-refractivity contribution in [1.82, 2.24) is 0 Å². The number of thiophene rings is 1. The van der Waals surface area contributed by atoms with Gasteiger partial charge in [0, 0.05) is 21.7 Å². The van der Waals surface area contributed by atoms with Crippen LogP contribution in [0.15, 0.2) is 18.2 Å². The lowest BCUT2D eigenvalue weighted by atomic mass is 10.2. The molecule has 5 nitrogen and oxygen atoms in total. The number of amides is 1. The van der Waals surface area contributed by atoms with E-state index in [4.69, 9.17) is 5.73 Å². The molecule has 2 aromatic rings. The molecule has 1 saturated carbocycles. The molecular formula is C14H14N2O3S. The third kappa shape index (κ3) is 2.12. The molecule has 2 atom stereocenters. The van der Waals surface area contributed by atoms with E-state index < -0.39 is 5.97 Å². The van der Waals surface area contributed by atoms with Crippen LogP contribution >= 0.6 is 11.3 Å². The van der Waals surface area contributed by atoms with Gasteiger partial charge >= 0.3 is 5.97 Å². The number of nitrogen functional groups attached to an aromatic ring is 1. The topological polar surface area (TPSA) is 92.4 Å². The van der Waals surface area contributed by atoms with Gasteiger partial charge in [-0.15, -0.1) is 11.3 Å². The van der Waals surface area contributed by atoms with Crippen molar-refractivity contribution in [2.45, 2.75) is 13.3 Å². The number of benzene rings is 1. The first kappa shape index (κ1) is 12.9. The Morgan fingerprint density at radius 2 is 2.15 bits per heavy atom. The summed E-state index contributed by atoms with van der Waals surface area (Å²) < 4.78 is 0.802. The van der Waals surface area contributed by atoms with E-state index in [1.807, 2.05) is 6.92 Å². The van der Waals surface area contributed by atoms with Crippen LogP contribution in [0.5, 0.6) is 0 Å². The molecule has 1 aliphatic carbocycles. The SMILES string of the molecule is CC1CC1C(=O)Nc1c(C(=O)O)sc2ccc(N)cc12. The van der Waals surface area contributed by atoms with Gasteiger partial charge in [0.1, 0.15) is 4.88 Å². The van der Waals surface area contributed by atoms with Crippen LogP contribution < -0.4 is 11.1 Å². The number of carbonyl (C=O) groups is 2. The molecule has 0 spiro atoms. The lowest BCUT2D eigenvalue weighted by Gasteiger charge is -2.05. The Morgan fingerprint density at radius 3 is 2.75 bits per heavy atom. The molecule has 1 aromatic heterocycles. The van der Waals surface area contributed by atoms with Crippen LogP contribution in [0.3, 0.4) is 0 Å². The molecular weight excluding hydrogens is 276 g/mol. The molecule has 104 valence electrons. The van der Waals surface area contributed by atoms with Crippen LogP contribution in [0.2, 0.25) is 0 Å². The average Bonchev–Trinajstić information content (AvgIpc) is 3.01. The Labute approximate surface area is 119 Å². The molecule has 1 aromatic carbocycles. The molecule has 0 saturated heterocycles. The number of fused-ring (bicyclic) bond motifs is 1. The second kappa shape index (κ2) is 4.49. The molecule has 0 bridgehead atoms. The van der Waals surface area contributed by atoms with Crippen LogP contribution in [-0.2, 0) is 4.79 Å². The summed E-state index contributed by atoms with van der Waals surface area (Å²) >= 11 is 1.15. The minimum atomic E-state index is -1.04. The Bertz CT molecular complexity index is 723. The summed E-state index contributed by atoms with van der Waals surface area (Å²) in [5.74, 6) is -0.781. The second-order valence-corrected chi connectivity index (χ2v) is 6.23. The lowest BCUT2D eigenvalue weighted by Crippen LogP contribution is -2.16. The number of carboxylic acids is 1. The fourth-order valence-electron chi connectivity index (χ4n) is 2.29. The van der Waals surface area contributed by atoms with Gasteiger partial charge in [0.25, 0.3) is 0 Å². The van der Waals surface area contributed by atoms with Crippen molar-refractivity contribution in [3.63, 3.8) is 0 Å². The first-order valence-electron chi connectivity index (χ1n) is 6.33. The van der Waals surface area contributed by atoms with Crippen LogP contribution in [0, 0.1) is 11.8 Å². The highest BCUT2D eigenvalue weighted by Crippen LogP contribution is 2.41. The number of hydrogen-bond acceptors (Lipinski definition) is 4. The van der Waals surface area contributed by atoms with Crippen LogP contribution in [-0.4, -0.2) is 17.0 Å². The van der Waals surface area contributed by atoms with Crippen molar-refractivity contribution >= 4 is 44.7 Å². The van der Waals surface area contributed by atoms with Gasteiger partial charge in [-0.25, -0.2) is 4.79 Å². The van der Waals surface area contributed by atoms with E-state index in [9.17, 15) is 14.7 Å². The Balaban J connectivity index is 2.06. The number of hydrogen-bond donors (Lipinski definition) is 3. The van der Waals surface area contributed by atoms with Crippen molar-refractivity contribution in [2.75, 3.05) is 11.1 Å². The van der Waals surface area contributed by atoms with Crippen LogP contribution in [0.1, 0.15) is 23.0 Å². The van der Waals surface area contributed by atoms with E-state index in [-0.39, 0.29) is 16.7 Å². The van der Waals surface area contributed by atoms with Crippen molar-refractivity contribution < 1.29 is 14.7 Å². The van der Waals surface area contributed by atoms with E-state index in [2.05, 4.69) is 5.32 Å². The third-order valence-corrected chi connectivity index (χ3v) is 4.76. The van der Waals surface area contributed by atoms with E-state index in [1.165, 1.54) is 0 Å². The third-order valence-electron chi connectivity index (χ3n) is 3.60. The molecule has 3 rings (SSSR count). The molecule has 4 N–H and O–H groups in total. The van der Waals surface area contributed by atoms with Gasteiger partial charge < -0.3 is 16.2 Å². The fourth-order valence-corrected chi connectivity index (χ4v) is 3.27. The normalized spacial score (nSPS) is 20.9. The maximum absolute atomic E-state index is 12.1. The number of nitrogens with one attached hydrogen (secondary N) is 1. The largest absolute Gasteiger partial charge is 0.477 e. The maximum Gasteiger partial charge on any atom is 0.348 e. The Kier molecular flexibility index (Phi) is 2.90. The Hall–Kier alpha value is -2.08. The summed E-state index contributed by atoms with van der Waals surface area (Å²) in [7, 11) is 0. The Morgan fingerprint density at radius 1 is 1.45 bits per heavy atom. The number of carboxylic acid groups (broad SMARTS) is 1. The average molecular weight is 290 g/mol. The lowest BCUT2D eigenvalue weighted by molar-refractivity contribution is -0.117. The molecule has 20 heavy (non-hydrogen) atoms. The zero-order valence-corrected chi connectivity index (χ0v) is 11.7. The minimum Gasteiger partial charge on any atom is -0.477 e. The van der Waals surface area contributed by atoms with E-state index in [1.54, 1.807) is 18.2 Å². The summed E-state index contributed by atoms with van der Waals surface area (Å²) in [4.78, 5) is 23.5. The van der Waals surface area contributed by atoms with Crippen LogP contribution in [0.4, 0.5) is 11.4 Å². The standard InChI is InChI=1S/C14H14N2O3S/c1-6-4-8(6)13(17)16-11-9-5-7(15)2-3-10(9)20-12(11)14(18)19/h2-3,5-6,8H,4,15H2,1H3,(H,16,17)(H,18,19). The van der Waals surface area contributed by atoms with Gasteiger partial charge in [-0.3, -0.25) is 4.79 Å². The zero-order valence-electron chi connectivity index (χ0n) is 10.8. The molecule has 2 unspecified atom stereocenters. The number of rotatable bonds is 3. The molecule has 1 amide bonds. The summed E-state index contributed by atoms with van der Waals surface area (Å²) in [6.07, 6.45) is 0.860. The minimum absolute atomic E-state index is 0.00680. The predicted molar refractivity (Wildman–Crippen MR) is 79.1 cm³/mol. The number of aromatic carboxylic acids is 1. The maximum atomic E-state index is 12.1. The highest BCUT2D eigenvalue weighted by Gasteiger charge is 2.39. The van der Waals surface area contributed by atoms with E-state index >= 15 is 0 Å². The van der Waals surface area contributed by atoms with Gasteiger partial charge in [0.2, 0.25) is 5.91 Å². The van der Waals surface area contributed by atoms with Crippen molar-refractivity contribution in [3.8, 4) is 0 Å². The highest BCUT2D eigenvalue weighted by atomic mass is 32.1. The van der Waals surface area contributed by atoms with Crippen LogP contribution in [0.25, 0.3) is 10.1 Å². The first-order chi connectivity index (χ1) is 9.47. The summed E-state index contributed by atoms with van der Waals surface area (Å²) in [5.41, 5.74) is 6.66. The molecule has 1 aliphatic rings. The van der Waals surface area contributed by atoms with Gasteiger partial charge in [-0.05, 0) is 30.5 Å². The summed E-state index contributed by atoms with van der Waals surface area (Å²) in [6.45, 7) is 2.01. The molecule has 0 radical (unpaired) electrons. The monoisotopic (exact) mass is 290 g/mol. The molecule has 1 heterocycles. The summed E-state index contributed by atoms with van der Waals surface area (Å²) in [5, 5.41) is 12.7. The summed E-state index contributed by atoms with van der Waals surface area (Å²) in [6, 6.07) is 5.19. The van der Waals surface area contributed by atoms with Gasteiger partial charge in [0.15, 0.2) is 0 Å². The predicted octanol–water partition coefficient (Wildman–Crippen LogP) is 2.78. The van der Waals surface area contributed by atoms with Gasteiger partial charge in [-0.2, -0.15) is 0 Å². The van der Waals surface area contributed by atoms with E-state index in [0.717, 1.165) is 22.5 Å². The second-order valence-electron chi connectivity index (χ2n) is 5.18. The number of nitrogens with two attached hydrogens (primary N) is 1. The molecule has 0 aliphatic heterocycles. The van der Waals surface area contributed by atoms with Gasteiger partial charge in [-0.1, -0.05) is 6.92 Å². The highest BCUT2D eigenvalue weighted by molar-refractivity contribution is 7.21. The molecule has 1 fully saturated rings.